The summed E-state index contributed by atoms with van der Waals surface area (Å²) in [4.78, 5) is 2.66. The van der Waals surface area contributed by atoms with Crippen LogP contribution in [0.1, 0.15) is 74.2 Å². The van der Waals surface area contributed by atoms with Gasteiger partial charge in [-0.1, -0.05) is 42.8 Å². The van der Waals surface area contributed by atoms with Gasteiger partial charge in [0, 0.05) is 23.4 Å². The van der Waals surface area contributed by atoms with Crippen LogP contribution < -0.4 is 0 Å². The van der Waals surface area contributed by atoms with Crippen molar-refractivity contribution >= 4 is 34.5 Å². The minimum absolute atomic E-state index is 0.275. The van der Waals surface area contributed by atoms with Gasteiger partial charge in [0.25, 0.3) is 0 Å². The van der Waals surface area contributed by atoms with E-state index in [-0.39, 0.29) is 5.82 Å². The molecule has 0 spiro atoms. The van der Waals surface area contributed by atoms with Gasteiger partial charge in [-0.15, -0.1) is 23.5 Å². The number of aromatic nitrogens is 1. The second-order valence-corrected chi connectivity index (χ2v) is 12.6. The van der Waals surface area contributed by atoms with E-state index in [1.54, 1.807) is 0 Å². The fourth-order valence-electron chi connectivity index (χ4n) is 5.36. The Morgan fingerprint density at radius 1 is 1.12 bits per heavy atom. The second-order valence-electron chi connectivity index (χ2n) is 9.64. The summed E-state index contributed by atoms with van der Waals surface area (Å²) in [5.74, 6) is 2.70. The van der Waals surface area contributed by atoms with Crippen molar-refractivity contribution in [2.45, 2.75) is 68.4 Å². The number of hydrogen-bond acceptors (Lipinski definition) is 5. The van der Waals surface area contributed by atoms with Crippen LogP contribution in [-0.4, -0.2) is 39.2 Å². The lowest BCUT2D eigenvalue weighted by molar-refractivity contribution is 0.131. The zero-order chi connectivity index (χ0) is 23.3. The fourth-order valence-corrected chi connectivity index (χ4v) is 8.22. The number of unbranched alkanes of at least 4 members (excludes halogenated alkanes) is 1. The molecule has 2 aliphatic heterocycles. The zero-order valence-corrected chi connectivity index (χ0v) is 21.7. The van der Waals surface area contributed by atoms with E-state index in [2.05, 4.69) is 64.8 Å². The minimum atomic E-state index is -0.275. The molecule has 3 aromatic rings. The number of aryl methyl sites for hydroxylation is 1. The first-order chi connectivity index (χ1) is 16.7. The average Bonchev–Trinajstić information content (AvgIpc) is 3.30. The Morgan fingerprint density at radius 2 is 1.94 bits per heavy atom. The zero-order valence-electron chi connectivity index (χ0n) is 20.0. The summed E-state index contributed by atoms with van der Waals surface area (Å²) < 4.78 is 19.9. The largest absolute Gasteiger partial charge is 0.356 e. The summed E-state index contributed by atoms with van der Waals surface area (Å²) in [5.41, 5.74) is 4.41. The molecule has 1 aromatic heterocycles. The molecule has 2 aliphatic rings. The predicted octanol–water partition coefficient (Wildman–Crippen LogP) is 7.82. The molecule has 2 fully saturated rings. The molecule has 0 radical (unpaired) electrons. The molecule has 2 saturated heterocycles. The Kier molecular flexibility index (Phi) is 8.18. The number of thioether (sulfide) groups is 2. The summed E-state index contributed by atoms with van der Waals surface area (Å²) >= 11 is 4.28. The van der Waals surface area contributed by atoms with Crippen LogP contribution in [0.15, 0.2) is 47.0 Å². The number of nitrogens with zero attached hydrogens (tertiary/aromatic N) is 2. The molecular weight excluding hydrogens is 463 g/mol. The Morgan fingerprint density at radius 3 is 2.74 bits per heavy atom. The first-order valence-electron chi connectivity index (χ1n) is 12.8. The van der Waals surface area contributed by atoms with E-state index in [0.717, 1.165) is 41.6 Å². The number of piperidine rings is 1. The lowest BCUT2D eigenvalue weighted by Crippen LogP contribution is -2.37. The fraction of sp³-hybridized carbons (Fsp3) is 0.536. The van der Waals surface area contributed by atoms with Crippen molar-refractivity contribution in [3.63, 3.8) is 0 Å². The number of hydrogen-bond donors (Lipinski definition) is 0. The molecule has 0 bridgehead atoms. The lowest BCUT2D eigenvalue weighted by atomic mass is 9.84. The summed E-state index contributed by atoms with van der Waals surface area (Å²) in [6, 6.07) is 14.6. The van der Waals surface area contributed by atoms with Gasteiger partial charge < -0.3 is 4.52 Å². The number of halogens is 1. The first-order valence-corrected chi connectivity index (χ1v) is 14.9. The Hall–Kier alpha value is -1.50. The van der Waals surface area contributed by atoms with Gasteiger partial charge in [0.05, 0.1) is 10.3 Å². The molecule has 0 amide bonds. The lowest BCUT2D eigenvalue weighted by Gasteiger charge is -2.39. The molecule has 0 saturated carbocycles. The van der Waals surface area contributed by atoms with Gasteiger partial charge in [-0.2, -0.15) is 0 Å². The van der Waals surface area contributed by atoms with Crippen molar-refractivity contribution in [2.75, 3.05) is 24.6 Å². The van der Waals surface area contributed by atoms with Crippen LogP contribution in [0.2, 0.25) is 0 Å². The summed E-state index contributed by atoms with van der Waals surface area (Å²) in [7, 11) is 0. The molecule has 2 unspecified atom stereocenters. The average molecular weight is 499 g/mol. The predicted molar refractivity (Wildman–Crippen MR) is 143 cm³/mol. The molecule has 5 rings (SSSR count). The van der Waals surface area contributed by atoms with Gasteiger partial charge in [-0.25, -0.2) is 4.39 Å². The van der Waals surface area contributed by atoms with E-state index in [1.807, 2.05) is 6.07 Å². The van der Waals surface area contributed by atoms with E-state index in [0.29, 0.717) is 17.5 Å². The SMILES string of the molecule is CCCCN1CCC(c2noc3cc(F)ccc23)CC1c1ccc(CCC2SCCCS2)cc1. The number of likely N-dealkylation sites (tertiary alicyclic amines) is 1. The Labute approximate surface area is 211 Å². The summed E-state index contributed by atoms with van der Waals surface area (Å²) in [6.45, 7) is 4.46. The molecule has 0 aliphatic carbocycles. The van der Waals surface area contributed by atoms with Crippen molar-refractivity contribution in [1.82, 2.24) is 10.1 Å². The first kappa shape index (κ1) is 24.2. The van der Waals surface area contributed by atoms with Gasteiger partial charge in [0.15, 0.2) is 5.58 Å². The third kappa shape index (κ3) is 5.66. The van der Waals surface area contributed by atoms with Crippen molar-refractivity contribution in [2.24, 2.45) is 0 Å². The molecular formula is C28H35FN2OS2. The summed E-state index contributed by atoms with van der Waals surface area (Å²) in [6.07, 6.45) is 8.32. The van der Waals surface area contributed by atoms with Crippen LogP contribution in [0.3, 0.4) is 0 Å². The maximum Gasteiger partial charge on any atom is 0.170 e. The Balaban J connectivity index is 1.31. The van der Waals surface area contributed by atoms with E-state index >= 15 is 0 Å². The van der Waals surface area contributed by atoms with Crippen molar-refractivity contribution in [3.05, 3.63) is 65.1 Å². The monoisotopic (exact) mass is 498 g/mol. The van der Waals surface area contributed by atoms with Crippen molar-refractivity contribution in [3.8, 4) is 0 Å². The van der Waals surface area contributed by atoms with Gasteiger partial charge in [0.2, 0.25) is 0 Å². The second kappa shape index (κ2) is 11.5. The molecule has 3 heterocycles. The molecule has 0 N–H and O–H groups in total. The standard InChI is InChI=1S/C28H35FN2OS2/c1-2-3-14-31-15-13-22(28-24-11-10-23(29)19-26(24)32-30-28)18-25(31)21-8-5-20(6-9-21)7-12-27-33-16-4-17-34-27/h5-6,8-11,19,22,25,27H,2-4,7,12-18H2,1H3. The van der Waals surface area contributed by atoms with Crippen LogP contribution >= 0.6 is 23.5 Å². The van der Waals surface area contributed by atoms with Gasteiger partial charge in [-0.3, -0.25) is 4.90 Å². The molecule has 182 valence electrons. The highest BCUT2D eigenvalue weighted by Gasteiger charge is 2.32. The van der Waals surface area contributed by atoms with Crippen LogP contribution in [0.5, 0.6) is 0 Å². The highest BCUT2D eigenvalue weighted by atomic mass is 32.2. The third-order valence-corrected chi connectivity index (χ3v) is 10.4. The topological polar surface area (TPSA) is 29.3 Å². The quantitative estimate of drug-likeness (QED) is 0.316. The van der Waals surface area contributed by atoms with Crippen molar-refractivity contribution in [1.29, 1.82) is 0 Å². The van der Waals surface area contributed by atoms with Crippen LogP contribution in [0.25, 0.3) is 11.0 Å². The maximum absolute atomic E-state index is 13.6. The van der Waals surface area contributed by atoms with Crippen molar-refractivity contribution < 1.29 is 8.91 Å². The molecule has 3 nitrogen and oxygen atoms in total. The molecule has 2 atom stereocenters. The smallest absolute Gasteiger partial charge is 0.170 e. The molecule has 6 heteroatoms. The van der Waals surface area contributed by atoms with E-state index < -0.39 is 0 Å². The van der Waals surface area contributed by atoms with E-state index in [4.69, 9.17) is 4.52 Å². The maximum atomic E-state index is 13.6. The van der Waals surface area contributed by atoms with Crippen LogP contribution in [-0.2, 0) is 6.42 Å². The van der Waals surface area contributed by atoms with Gasteiger partial charge >= 0.3 is 0 Å². The Bertz CT molecular complexity index is 1060. The van der Waals surface area contributed by atoms with Gasteiger partial charge in [0.1, 0.15) is 5.82 Å². The van der Waals surface area contributed by atoms with E-state index in [1.165, 1.54) is 66.9 Å². The number of fused-ring (bicyclic) bond motifs is 1. The highest BCUT2D eigenvalue weighted by Crippen LogP contribution is 2.41. The highest BCUT2D eigenvalue weighted by molar-refractivity contribution is 8.17. The van der Waals surface area contributed by atoms with Crippen LogP contribution in [0.4, 0.5) is 4.39 Å². The third-order valence-electron chi connectivity index (χ3n) is 7.29. The number of benzene rings is 2. The summed E-state index contributed by atoms with van der Waals surface area (Å²) in [5, 5.41) is 5.35. The normalized spacial score (nSPS) is 22.4. The van der Waals surface area contributed by atoms with Gasteiger partial charge in [-0.05, 0) is 86.4 Å². The number of rotatable bonds is 8. The molecule has 2 aromatic carbocycles. The molecule has 34 heavy (non-hydrogen) atoms. The minimum Gasteiger partial charge on any atom is -0.356 e. The van der Waals surface area contributed by atoms with Crippen LogP contribution in [0, 0.1) is 5.82 Å². The van der Waals surface area contributed by atoms with E-state index in [9.17, 15) is 4.39 Å².